The first-order chi connectivity index (χ1) is 13.7. The van der Waals surface area contributed by atoms with Gasteiger partial charge in [0, 0.05) is 0 Å². The molecule has 148 valence electrons. The molecule has 29 heavy (non-hydrogen) atoms. The zero-order valence-electron chi connectivity index (χ0n) is 15.1. The molecule has 4 N–H and O–H groups in total. The summed E-state index contributed by atoms with van der Waals surface area (Å²) in [7, 11) is 0. The van der Waals surface area contributed by atoms with Gasteiger partial charge in [0.2, 0.25) is 11.6 Å². The van der Waals surface area contributed by atoms with Crippen molar-refractivity contribution >= 4 is 28.5 Å². The molecule has 2 aromatic carbocycles. The molecule has 0 unspecified atom stereocenters. The summed E-state index contributed by atoms with van der Waals surface area (Å²) in [5.41, 5.74) is 7.00. The van der Waals surface area contributed by atoms with Gasteiger partial charge in [0.1, 0.15) is 5.82 Å². The van der Waals surface area contributed by atoms with Gasteiger partial charge in [-0.2, -0.15) is 13.2 Å². The number of halogens is 3. The van der Waals surface area contributed by atoms with E-state index in [1.807, 2.05) is 24.3 Å². The number of rotatable bonds is 3. The second-order valence-corrected chi connectivity index (χ2v) is 6.36. The topological polar surface area (TPSA) is 92.9 Å². The zero-order chi connectivity index (χ0) is 20.8. The highest BCUT2D eigenvalue weighted by Crippen LogP contribution is 2.30. The third-order valence-electron chi connectivity index (χ3n) is 4.37. The molecule has 2 heterocycles. The Hall–Kier alpha value is -3.82. The number of hydrogen-bond donors (Lipinski definition) is 3. The first-order valence-corrected chi connectivity index (χ1v) is 8.54. The summed E-state index contributed by atoms with van der Waals surface area (Å²) in [6.07, 6.45) is -4.43. The fraction of sp³-hybridized carbons (Fsp3) is 0.105. The van der Waals surface area contributed by atoms with Crippen LogP contribution in [-0.2, 0) is 6.18 Å². The van der Waals surface area contributed by atoms with E-state index in [1.54, 1.807) is 11.5 Å². The molecular formula is C19H16F3N6O+. The Labute approximate surface area is 162 Å². The van der Waals surface area contributed by atoms with E-state index in [1.165, 1.54) is 18.2 Å². The van der Waals surface area contributed by atoms with Crippen molar-refractivity contribution in [2.24, 2.45) is 0 Å². The molecule has 0 aliphatic heterocycles. The molecule has 0 spiro atoms. The normalized spacial score (nSPS) is 11.7. The minimum Gasteiger partial charge on any atom is -0.382 e. The maximum atomic E-state index is 12.7. The molecule has 0 fully saturated rings. The summed E-state index contributed by atoms with van der Waals surface area (Å²) in [5, 5.41) is 13.0. The minimum atomic E-state index is -4.43. The second-order valence-electron chi connectivity index (χ2n) is 6.36. The quantitative estimate of drug-likeness (QED) is 0.360. The minimum absolute atomic E-state index is 0.0124. The van der Waals surface area contributed by atoms with Gasteiger partial charge in [0.25, 0.3) is 0 Å². The monoisotopic (exact) mass is 401 g/mol. The molecule has 4 rings (SSSR count). The predicted octanol–water partition coefficient (Wildman–Crippen LogP) is 3.60. The van der Waals surface area contributed by atoms with E-state index in [-0.39, 0.29) is 11.8 Å². The van der Waals surface area contributed by atoms with Crippen molar-refractivity contribution in [3.05, 3.63) is 66.0 Å². The van der Waals surface area contributed by atoms with Crippen LogP contribution in [-0.4, -0.2) is 19.7 Å². The molecule has 0 amide bonds. The van der Waals surface area contributed by atoms with Crippen LogP contribution in [0.1, 0.15) is 11.4 Å². The van der Waals surface area contributed by atoms with Gasteiger partial charge in [0.15, 0.2) is 0 Å². The smallest absolute Gasteiger partial charge is 0.382 e. The highest BCUT2D eigenvalue weighted by atomic mass is 19.4. The van der Waals surface area contributed by atoms with Crippen molar-refractivity contribution < 1.29 is 23.1 Å². The number of fused-ring (bicyclic) bond motifs is 1. The van der Waals surface area contributed by atoms with Crippen LogP contribution in [0.25, 0.3) is 16.9 Å². The van der Waals surface area contributed by atoms with Crippen molar-refractivity contribution in [2.75, 3.05) is 11.1 Å². The SMILES string of the molecule is Cc1nc2ccccc2n1-c1cc(N)[n+](O)c(Nc2ccc(C(F)(F)F)cc2)n1. The molecule has 0 bridgehead atoms. The van der Waals surface area contributed by atoms with Crippen molar-refractivity contribution in [3.8, 4) is 5.82 Å². The van der Waals surface area contributed by atoms with Crippen LogP contribution in [0, 0.1) is 6.92 Å². The van der Waals surface area contributed by atoms with E-state index in [0.29, 0.717) is 22.1 Å². The van der Waals surface area contributed by atoms with E-state index in [4.69, 9.17) is 5.73 Å². The number of aromatic nitrogens is 4. The number of benzene rings is 2. The number of nitrogens with two attached hydrogens (primary N) is 1. The predicted molar refractivity (Wildman–Crippen MR) is 100 cm³/mol. The molecule has 0 aliphatic carbocycles. The molecule has 10 heteroatoms. The standard InChI is InChI=1S/C19H15F3N6O/c1-11-24-14-4-2-3-5-15(14)27(11)17-10-16(23)28(29)18(26-17)25-13-8-6-12(7-9-13)19(20,21)22/h2-10,29H,1H3,(H2,23,25,26)/p+1. The van der Waals surface area contributed by atoms with E-state index in [9.17, 15) is 18.4 Å². The molecule has 7 nitrogen and oxygen atoms in total. The largest absolute Gasteiger partial charge is 0.416 e. The number of nitrogens with zero attached hydrogens (tertiary/aromatic N) is 4. The molecule has 0 saturated heterocycles. The molecule has 0 atom stereocenters. The molecular weight excluding hydrogens is 385 g/mol. The zero-order valence-corrected chi connectivity index (χ0v) is 15.1. The van der Waals surface area contributed by atoms with E-state index >= 15 is 0 Å². The summed E-state index contributed by atoms with van der Waals surface area (Å²) >= 11 is 0. The Morgan fingerprint density at radius 2 is 1.76 bits per heavy atom. The summed E-state index contributed by atoms with van der Waals surface area (Å²) in [6.45, 7) is 1.81. The van der Waals surface area contributed by atoms with Crippen molar-refractivity contribution in [1.82, 2.24) is 14.5 Å². The van der Waals surface area contributed by atoms with Crippen LogP contribution < -0.4 is 15.8 Å². The number of nitrogen functional groups attached to an aromatic ring is 1. The van der Waals surface area contributed by atoms with Crippen molar-refractivity contribution in [1.29, 1.82) is 0 Å². The molecule has 4 aromatic rings. The summed E-state index contributed by atoms with van der Waals surface area (Å²) in [6, 6.07) is 13.3. The van der Waals surface area contributed by atoms with Gasteiger partial charge >= 0.3 is 12.1 Å². The van der Waals surface area contributed by atoms with Gasteiger partial charge in [-0.3, -0.25) is 9.88 Å². The van der Waals surface area contributed by atoms with Crippen LogP contribution in [0.15, 0.2) is 54.6 Å². The van der Waals surface area contributed by atoms with Gasteiger partial charge in [-0.05, 0) is 48.1 Å². The van der Waals surface area contributed by atoms with E-state index in [0.717, 1.165) is 23.2 Å². The number of hydrogen-bond acceptors (Lipinski definition) is 5. The van der Waals surface area contributed by atoms with Crippen LogP contribution in [0.3, 0.4) is 0 Å². The molecule has 0 saturated carbocycles. The Morgan fingerprint density at radius 3 is 2.45 bits per heavy atom. The fourth-order valence-electron chi connectivity index (χ4n) is 3.01. The van der Waals surface area contributed by atoms with Crippen LogP contribution >= 0.6 is 0 Å². The fourth-order valence-corrected chi connectivity index (χ4v) is 3.01. The first-order valence-electron chi connectivity index (χ1n) is 8.54. The summed E-state index contributed by atoms with van der Waals surface area (Å²) < 4.78 is 40.6. The van der Waals surface area contributed by atoms with Gasteiger partial charge in [-0.15, -0.1) is 0 Å². The van der Waals surface area contributed by atoms with Crippen molar-refractivity contribution in [2.45, 2.75) is 13.1 Å². The lowest BCUT2D eigenvalue weighted by Gasteiger charge is -2.10. The maximum Gasteiger partial charge on any atom is 0.416 e. The van der Waals surface area contributed by atoms with Gasteiger partial charge in [-0.1, -0.05) is 17.1 Å². The van der Waals surface area contributed by atoms with Gasteiger partial charge in [-0.25, -0.2) is 4.98 Å². The first kappa shape index (κ1) is 18.5. The van der Waals surface area contributed by atoms with Crippen LogP contribution in [0.4, 0.5) is 30.6 Å². The average Bonchev–Trinajstić information content (AvgIpc) is 3.00. The number of para-hydroxylation sites is 2. The third kappa shape index (κ3) is 3.40. The number of alkyl halides is 3. The van der Waals surface area contributed by atoms with Gasteiger partial charge < -0.3 is 10.9 Å². The van der Waals surface area contributed by atoms with Crippen molar-refractivity contribution in [3.63, 3.8) is 0 Å². The van der Waals surface area contributed by atoms with Crippen LogP contribution in [0.5, 0.6) is 0 Å². The molecule has 2 aromatic heterocycles. The van der Waals surface area contributed by atoms with Crippen LogP contribution in [0.2, 0.25) is 0 Å². The highest BCUT2D eigenvalue weighted by molar-refractivity contribution is 5.78. The maximum absolute atomic E-state index is 12.7. The Bertz CT molecular complexity index is 1200. The number of imidazole rings is 1. The summed E-state index contributed by atoms with van der Waals surface area (Å²) in [5.74, 6) is 0.987. The Balaban J connectivity index is 1.76. The Kier molecular flexibility index (Phi) is 4.26. The lowest BCUT2D eigenvalue weighted by atomic mass is 10.2. The average molecular weight is 401 g/mol. The van der Waals surface area contributed by atoms with E-state index in [2.05, 4.69) is 15.3 Å². The highest BCUT2D eigenvalue weighted by Gasteiger charge is 2.30. The molecule has 0 radical (unpaired) electrons. The van der Waals surface area contributed by atoms with Gasteiger partial charge in [0.05, 0.1) is 28.4 Å². The summed E-state index contributed by atoms with van der Waals surface area (Å²) in [4.78, 5) is 8.85. The third-order valence-corrected chi connectivity index (χ3v) is 4.37. The Morgan fingerprint density at radius 1 is 1.07 bits per heavy atom. The number of anilines is 3. The lowest BCUT2D eigenvalue weighted by Crippen LogP contribution is -2.38. The second kappa shape index (κ2) is 6.66. The number of nitrogens with one attached hydrogen (secondary N) is 1. The lowest BCUT2D eigenvalue weighted by molar-refractivity contribution is -0.883. The number of aryl methyl sites for hydroxylation is 1. The van der Waals surface area contributed by atoms with E-state index < -0.39 is 11.7 Å². The molecule has 0 aliphatic rings.